The highest BCUT2D eigenvalue weighted by atomic mass is 32.1. The molecule has 12 aromatic rings. The minimum absolute atomic E-state index is 0.148. The fourth-order valence-corrected chi connectivity index (χ4v) is 12.3. The van der Waals surface area contributed by atoms with Crippen LogP contribution in [0.3, 0.4) is 0 Å². The van der Waals surface area contributed by atoms with Crippen molar-refractivity contribution in [3.05, 3.63) is 260 Å². The number of anilines is 3. The third kappa shape index (κ3) is 6.74. The number of para-hydroxylation sites is 1. The van der Waals surface area contributed by atoms with Crippen LogP contribution >= 0.6 is 11.3 Å². The van der Waals surface area contributed by atoms with E-state index in [1.54, 1.807) is 0 Å². The summed E-state index contributed by atoms with van der Waals surface area (Å²) in [6, 6.07) is 92.2. The molecule has 326 valence electrons. The predicted octanol–water partition coefficient (Wildman–Crippen LogP) is 19.3. The normalized spacial score (nSPS) is 12.6. The van der Waals surface area contributed by atoms with Gasteiger partial charge in [-0.05, 0) is 108 Å². The van der Waals surface area contributed by atoms with Crippen LogP contribution in [0.1, 0.15) is 25.0 Å². The monoisotopic (exact) mass is 897 g/mol. The van der Waals surface area contributed by atoms with Crippen LogP contribution in [0.15, 0.2) is 249 Å². The molecule has 1 nitrogen and oxygen atoms in total. The molecule has 0 fully saturated rings. The zero-order chi connectivity index (χ0) is 46.1. The van der Waals surface area contributed by atoms with Crippen molar-refractivity contribution >= 4 is 59.3 Å². The van der Waals surface area contributed by atoms with Gasteiger partial charge in [0, 0.05) is 48.0 Å². The van der Waals surface area contributed by atoms with Gasteiger partial charge in [-0.1, -0.05) is 226 Å². The number of fused-ring (bicyclic) bond motifs is 7. The van der Waals surface area contributed by atoms with Gasteiger partial charge in [0.25, 0.3) is 0 Å². The van der Waals surface area contributed by atoms with Crippen molar-refractivity contribution in [3.63, 3.8) is 0 Å². The SMILES string of the molecule is CC1(C)c2ccccc2-c2c(-c3cccc(N(c4ccc(-c5cccc6ccccc56)cc4)c4c(-c5ccccc5)cccc4-c4ccccc4)c3-c3ccc4sc5ccccc5c4c3)cccc21. The molecule has 1 aromatic heterocycles. The molecule has 13 rings (SSSR count). The van der Waals surface area contributed by atoms with E-state index in [2.05, 4.69) is 267 Å². The summed E-state index contributed by atoms with van der Waals surface area (Å²) >= 11 is 1.87. The maximum Gasteiger partial charge on any atom is 0.0618 e. The lowest BCUT2D eigenvalue weighted by Gasteiger charge is -2.33. The second kappa shape index (κ2) is 16.5. The summed E-state index contributed by atoms with van der Waals surface area (Å²) in [6.45, 7) is 4.76. The molecular weight excluding hydrogens is 851 g/mol. The molecule has 0 bridgehead atoms. The number of benzene rings is 11. The lowest BCUT2D eigenvalue weighted by Crippen LogP contribution is -2.15. The van der Waals surface area contributed by atoms with Gasteiger partial charge in [0.05, 0.1) is 11.4 Å². The van der Waals surface area contributed by atoms with Crippen molar-refractivity contribution < 1.29 is 0 Å². The van der Waals surface area contributed by atoms with Gasteiger partial charge in [-0.2, -0.15) is 0 Å². The fraction of sp³-hybridized carbons (Fsp3) is 0.0448. The first-order valence-electron chi connectivity index (χ1n) is 23.9. The van der Waals surface area contributed by atoms with Crippen LogP contribution in [0.2, 0.25) is 0 Å². The number of rotatable bonds is 8. The highest BCUT2D eigenvalue weighted by Gasteiger charge is 2.37. The van der Waals surface area contributed by atoms with Crippen LogP contribution in [-0.4, -0.2) is 0 Å². The first-order valence-corrected chi connectivity index (χ1v) is 24.7. The van der Waals surface area contributed by atoms with Gasteiger partial charge < -0.3 is 4.90 Å². The van der Waals surface area contributed by atoms with E-state index >= 15 is 0 Å². The van der Waals surface area contributed by atoms with Gasteiger partial charge >= 0.3 is 0 Å². The summed E-state index contributed by atoms with van der Waals surface area (Å²) in [4.78, 5) is 2.56. The molecule has 1 aliphatic carbocycles. The highest BCUT2D eigenvalue weighted by Crippen LogP contribution is 2.56. The summed E-state index contributed by atoms with van der Waals surface area (Å²) in [5.74, 6) is 0. The number of thiophene rings is 1. The molecule has 0 unspecified atom stereocenters. The van der Waals surface area contributed by atoms with Crippen molar-refractivity contribution in [3.8, 4) is 66.8 Å². The molecule has 1 aliphatic rings. The maximum atomic E-state index is 2.56. The molecular formula is C67H47NS. The average Bonchev–Trinajstić information content (AvgIpc) is 3.90. The second-order valence-corrected chi connectivity index (χ2v) is 19.8. The molecule has 2 heteroatoms. The quantitative estimate of drug-likeness (QED) is 0.147. The third-order valence-corrected chi connectivity index (χ3v) is 15.7. The van der Waals surface area contributed by atoms with Gasteiger partial charge in [-0.15, -0.1) is 11.3 Å². The van der Waals surface area contributed by atoms with E-state index in [0.717, 1.165) is 39.3 Å². The molecule has 0 atom stereocenters. The molecule has 0 saturated carbocycles. The van der Waals surface area contributed by atoms with Crippen molar-refractivity contribution in [2.24, 2.45) is 0 Å². The van der Waals surface area contributed by atoms with E-state index in [9.17, 15) is 0 Å². The van der Waals surface area contributed by atoms with Gasteiger partial charge in [0.2, 0.25) is 0 Å². The topological polar surface area (TPSA) is 3.24 Å². The largest absolute Gasteiger partial charge is 0.309 e. The lowest BCUT2D eigenvalue weighted by molar-refractivity contribution is 0.660. The Morgan fingerprint density at radius 2 is 0.841 bits per heavy atom. The first kappa shape index (κ1) is 40.9. The average molecular weight is 898 g/mol. The van der Waals surface area contributed by atoms with E-state index < -0.39 is 0 Å². The third-order valence-electron chi connectivity index (χ3n) is 14.5. The standard InChI is InChI=1S/C67H47NS/c1-67(2)59-33-13-11-27-57(59)65-56(31-17-34-60(65)67)55-32-18-35-61(64(55)48-39-42-63-58(43-48)54-26-12-14-36-62(54)69-63)68(49-40-37-47(38-41-49)51-28-15-24-44-23-9-10-25-50(44)51)66-52(45-19-5-3-6-20-45)29-16-30-53(66)46-21-7-4-8-22-46/h3-43H,1-2H3. The molecule has 1 heterocycles. The zero-order valence-corrected chi connectivity index (χ0v) is 39.3. The lowest BCUT2D eigenvalue weighted by atomic mass is 9.81. The van der Waals surface area contributed by atoms with Crippen molar-refractivity contribution in [1.29, 1.82) is 0 Å². The summed E-state index contributed by atoms with van der Waals surface area (Å²) in [5, 5.41) is 5.05. The van der Waals surface area contributed by atoms with Crippen LogP contribution in [-0.2, 0) is 5.41 Å². The summed E-state index contributed by atoms with van der Waals surface area (Å²) in [5.41, 5.74) is 20.3. The molecule has 0 amide bonds. The summed E-state index contributed by atoms with van der Waals surface area (Å²) in [6.07, 6.45) is 0. The van der Waals surface area contributed by atoms with Gasteiger partial charge in [0.1, 0.15) is 0 Å². The molecule has 69 heavy (non-hydrogen) atoms. The zero-order valence-electron chi connectivity index (χ0n) is 38.5. The van der Waals surface area contributed by atoms with Crippen LogP contribution in [0, 0.1) is 0 Å². The van der Waals surface area contributed by atoms with Crippen LogP contribution in [0.25, 0.3) is 97.7 Å². The van der Waals surface area contributed by atoms with E-state index in [1.807, 2.05) is 11.3 Å². The second-order valence-electron chi connectivity index (χ2n) is 18.8. The minimum Gasteiger partial charge on any atom is -0.309 e. The molecule has 0 aliphatic heterocycles. The Labute approximate surface area is 407 Å². The van der Waals surface area contributed by atoms with Crippen molar-refractivity contribution in [2.45, 2.75) is 19.3 Å². The van der Waals surface area contributed by atoms with E-state index in [0.29, 0.717) is 0 Å². The Hall–Kier alpha value is -8.30. The van der Waals surface area contributed by atoms with Crippen LogP contribution in [0.4, 0.5) is 17.1 Å². The number of nitrogens with zero attached hydrogens (tertiary/aromatic N) is 1. The van der Waals surface area contributed by atoms with Gasteiger partial charge in [-0.3, -0.25) is 0 Å². The predicted molar refractivity (Wildman–Crippen MR) is 296 cm³/mol. The number of hydrogen-bond acceptors (Lipinski definition) is 2. The van der Waals surface area contributed by atoms with Gasteiger partial charge in [-0.25, -0.2) is 0 Å². The van der Waals surface area contributed by atoms with E-state index in [-0.39, 0.29) is 5.41 Å². The van der Waals surface area contributed by atoms with Crippen molar-refractivity contribution in [1.82, 2.24) is 0 Å². The Morgan fingerprint density at radius 1 is 0.333 bits per heavy atom. The van der Waals surface area contributed by atoms with Crippen molar-refractivity contribution in [2.75, 3.05) is 4.90 Å². The molecule has 0 saturated heterocycles. The number of hydrogen-bond donors (Lipinski definition) is 0. The Balaban J connectivity index is 1.15. The van der Waals surface area contributed by atoms with Gasteiger partial charge in [0.15, 0.2) is 0 Å². The molecule has 0 N–H and O–H groups in total. The van der Waals surface area contributed by atoms with Crippen LogP contribution < -0.4 is 4.90 Å². The molecule has 0 spiro atoms. The maximum absolute atomic E-state index is 2.56. The Bertz CT molecular complexity index is 3850. The van der Waals surface area contributed by atoms with E-state index in [4.69, 9.17) is 0 Å². The first-order chi connectivity index (χ1) is 34.0. The fourth-order valence-electron chi connectivity index (χ4n) is 11.3. The van der Waals surface area contributed by atoms with Crippen LogP contribution in [0.5, 0.6) is 0 Å². The minimum atomic E-state index is -0.148. The summed E-state index contributed by atoms with van der Waals surface area (Å²) < 4.78 is 2.59. The van der Waals surface area contributed by atoms with E-state index in [1.165, 1.54) is 86.6 Å². The highest BCUT2D eigenvalue weighted by molar-refractivity contribution is 7.25. The molecule has 0 radical (unpaired) electrons. The molecule has 11 aromatic carbocycles. The Morgan fingerprint density at radius 3 is 1.61 bits per heavy atom. The summed E-state index contributed by atoms with van der Waals surface area (Å²) in [7, 11) is 0. The Kier molecular flexibility index (Phi) is 9.78. The smallest absolute Gasteiger partial charge is 0.0618 e.